The van der Waals surface area contributed by atoms with Gasteiger partial charge < -0.3 is 20.5 Å². The van der Waals surface area contributed by atoms with Gasteiger partial charge in [-0.3, -0.25) is 5.10 Å². The molecule has 0 saturated carbocycles. The van der Waals surface area contributed by atoms with Crippen molar-refractivity contribution in [1.29, 1.82) is 0 Å². The van der Waals surface area contributed by atoms with E-state index in [1.165, 1.54) is 0 Å². The van der Waals surface area contributed by atoms with Crippen LogP contribution < -0.4 is 10.6 Å². The van der Waals surface area contributed by atoms with Crippen molar-refractivity contribution in [3.8, 4) is 11.3 Å². The highest BCUT2D eigenvalue weighted by Gasteiger charge is 2.47. The van der Waals surface area contributed by atoms with E-state index in [0.717, 1.165) is 60.5 Å². The van der Waals surface area contributed by atoms with E-state index in [1.54, 1.807) is 6.20 Å². The normalized spacial score (nSPS) is 23.2. The second-order valence-electron chi connectivity index (χ2n) is 8.77. The van der Waals surface area contributed by atoms with Crippen molar-refractivity contribution in [3.05, 3.63) is 34.7 Å². The second-order valence-corrected chi connectivity index (χ2v) is 9.17. The smallest absolute Gasteiger partial charge is 0.153 e. The maximum atomic E-state index is 10.1. The minimum absolute atomic E-state index is 0.0357. The number of nitrogens with one attached hydrogen (secondary N) is 1. The highest BCUT2D eigenvalue weighted by Crippen LogP contribution is 2.42. The summed E-state index contributed by atoms with van der Waals surface area (Å²) in [4.78, 5) is 11.9. The van der Waals surface area contributed by atoms with E-state index >= 15 is 0 Å². The van der Waals surface area contributed by atoms with E-state index in [2.05, 4.69) is 22.0 Å². The number of aromatic nitrogens is 4. The molecule has 0 aliphatic carbocycles. The summed E-state index contributed by atoms with van der Waals surface area (Å²) in [6.07, 6.45) is 3.68. The average molecular weight is 443 g/mol. The molecule has 4 N–H and O–H groups in total. The van der Waals surface area contributed by atoms with Crippen LogP contribution in [-0.4, -0.2) is 57.1 Å². The number of hydrogen-bond acceptors (Lipinski definition) is 7. The van der Waals surface area contributed by atoms with Crippen LogP contribution in [0.5, 0.6) is 0 Å². The van der Waals surface area contributed by atoms with Gasteiger partial charge in [0, 0.05) is 35.5 Å². The summed E-state index contributed by atoms with van der Waals surface area (Å²) in [5.41, 5.74) is 10.2. The van der Waals surface area contributed by atoms with Crippen molar-refractivity contribution < 1.29 is 9.84 Å². The Kier molecular flexibility index (Phi) is 5.13. The molecule has 0 unspecified atom stereocenters. The highest BCUT2D eigenvalue weighted by atomic mass is 35.5. The number of aliphatic hydroxyl groups excluding tert-OH is 1. The number of ether oxygens (including phenoxy) is 1. The lowest BCUT2D eigenvalue weighted by Gasteiger charge is -2.42. The van der Waals surface area contributed by atoms with Crippen molar-refractivity contribution in [2.45, 2.75) is 45.4 Å². The summed E-state index contributed by atoms with van der Waals surface area (Å²) in [5.74, 6) is 0.743. The van der Waals surface area contributed by atoms with Gasteiger partial charge in [-0.2, -0.15) is 5.10 Å². The highest BCUT2D eigenvalue weighted by molar-refractivity contribution is 6.35. The van der Waals surface area contributed by atoms with E-state index in [0.29, 0.717) is 16.4 Å². The predicted molar refractivity (Wildman–Crippen MR) is 120 cm³/mol. The van der Waals surface area contributed by atoms with Crippen LogP contribution in [0.15, 0.2) is 18.3 Å². The van der Waals surface area contributed by atoms with Gasteiger partial charge in [0.15, 0.2) is 5.82 Å². The van der Waals surface area contributed by atoms with Crippen LogP contribution in [0.2, 0.25) is 5.02 Å². The summed E-state index contributed by atoms with van der Waals surface area (Å²) < 4.78 is 5.83. The summed E-state index contributed by atoms with van der Waals surface area (Å²) >= 11 is 6.43. The molecule has 2 saturated heterocycles. The zero-order chi connectivity index (χ0) is 21.8. The number of H-pyrrole nitrogens is 1. The number of aryl methyl sites for hydroxylation is 1. The van der Waals surface area contributed by atoms with Gasteiger partial charge in [0.05, 0.1) is 47.4 Å². The first-order valence-electron chi connectivity index (χ1n) is 10.7. The number of aromatic amines is 1. The Morgan fingerprint density at radius 3 is 2.77 bits per heavy atom. The predicted octanol–water partition coefficient (Wildman–Crippen LogP) is 2.81. The first-order valence-corrected chi connectivity index (χ1v) is 11.0. The lowest BCUT2D eigenvalue weighted by atomic mass is 9.73. The Hall–Kier alpha value is -2.26. The average Bonchev–Trinajstić information content (AvgIpc) is 3.35. The van der Waals surface area contributed by atoms with Crippen molar-refractivity contribution in [2.75, 3.05) is 24.6 Å². The van der Waals surface area contributed by atoms with Crippen LogP contribution in [0.1, 0.15) is 31.2 Å². The number of fused-ring (bicyclic) bond motifs is 1. The third kappa shape index (κ3) is 3.38. The van der Waals surface area contributed by atoms with Crippen molar-refractivity contribution in [3.63, 3.8) is 0 Å². The van der Waals surface area contributed by atoms with Crippen LogP contribution in [-0.2, 0) is 11.3 Å². The number of hydrogen-bond donors (Lipinski definition) is 3. The molecule has 1 aromatic carbocycles. The minimum atomic E-state index is -0.184. The van der Waals surface area contributed by atoms with E-state index in [9.17, 15) is 5.11 Å². The molecule has 2 aliphatic rings. The first-order chi connectivity index (χ1) is 14.9. The summed E-state index contributed by atoms with van der Waals surface area (Å²) in [7, 11) is 0. The molecule has 4 heterocycles. The standard InChI is InChI=1S/C22H27ClN6O2/c1-12-19(14-7-16(23)15-9-25-28-17(15)8-14)27-18(10-30)21(26-12)29-5-3-22(4-6-29)11-31-13(2)20(22)24/h7-9,13,20,30H,3-6,10-11,24H2,1-2H3,(H,25,28)/t13-,20+/m0/s1. The van der Waals surface area contributed by atoms with Crippen LogP contribution in [0.4, 0.5) is 5.82 Å². The maximum absolute atomic E-state index is 10.1. The molecule has 8 nitrogen and oxygen atoms in total. The van der Waals surface area contributed by atoms with Crippen LogP contribution in [0.25, 0.3) is 22.2 Å². The Morgan fingerprint density at radius 2 is 2.10 bits per heavy atom. The number of halogens is 1. The number of nitrogens with two attached hydrogens (primary N) is 1. The molecule has 0 amide bonds. The van der Waals surface area contributed by atoms with Gasteiger partial charge in [0.1, 0.15) is 5.69 Å². The molecule has 9 heteroatoms. The van der Waals surface area contributed by atoms with E-state index in [4.69, 9.17) is 32.0 Å². The van der Waals surface area contributed by atoms with E-state index in [1.807, 2.05) is 19.1 Å². The zero-order valence-corrected chi connectivity index (χ0v) is 18.5. The maximum Gasteiger partial charge on any atom is 0.153 e. The largest absolute Gasteiger partial charge is 0.390 e. The lowest BCUT2D eigenvalue weighted by molar-refractivity contribution is 0.0973. The molecule has 0 radical (unpaired) electrons. The lowest BCUT2D eigenvalue weighted by Crippen LogP contribution is -2.51. The fourth-order valence-electron chi connectivity index (χ4n) is 4.96. The Balaban J connectivity index is 1.45. The first kappa shape index (κ1) is 20.6. The number of nitrogens with zero attached hydrogens (tertiary/aromatic N) is 4. The molecule has 31 heavy (non-hydrogen) atoms. The van der Waals surface area contributed by atoms with Crippen molar-refractivity contribution in [2.24, 2.45) is 11.1 Å². The fraction of sp³-hybridized carbons (Fsp3) is 0.500. The number of aliphatic hydroxyl groups is 1. The SMILES string of the molecule is Cc1nc(N2CCC3(CC2)CO[C@@H](C)[C@H]3N)c(CO)nc1-c1cc(Cl)c2cn[nH]c2c1. The quantitative estimate of drug-likeness (QED) is 0.571. The third-order valence-electron chi connectivity index (χ3n) is 6.96. The van der Waals surface area contributed by atoms with Gasteiger partial charge in [-0.1, -0.05) is 11.6 Å². The number of piperidine rings is 1. The van der Waals surface area contributed by atoms with Gasteiger partial charge in [-0.05, 0) is 38.8 Å². The number of benzene rings is 1. The molecule has 2 fully saturated rings. The minimum Gasteiger partial charge on any atom is -0.390 e. The molecule has 2 aliphatic heterocycles. The van der Waals surface area contributed by atoms with Crippen LogP contribution >= 0.6 is 11.6 Å². The molecule has 164 valence electrons. The van der Waals surface area contributed by atoms with Gasteiger partial charge in [0.25, 0.3) is 0 Å². The second kappa shape index (κ2) is 7.70. The van der Waals surface area contributed by atoms with Gasteiger partial charge >= 0.3 is 0 Å². The fourth-order valence-corrected chi connectivity index (χ4v) is 5.22. The molecule has 0 bridgehead atoms. The summed E-state index contributed by atoms with van der Waals surface area (Å²) in [6.45, 7) is 6.15. The van der Waals surface area contributed by atoms with Gasteiger partial charge in [-0.15, -0.1) is 0 Å². The molecule has 2 aromatic heterocycles. The number of anilines is 1. The number of rotatable bonds is 3. The molecule has 5 rings (SSSR count). The van der Waals surface area contributed by atoms with Crippen LogP contribution in [0.3, 0.4) is 0 Å². The topological polar surface area (TPSA) is 113 Å². The molecular formula is C22H27ClN6O2. The third-order valence-corrected chi connectivity index (χ3v) is 7.27. The molecule has 3 aromatic rings. The Labute approximate surface area is 185 Å². The molecular weight excluding hydrogens is 416 g/mol. The van der Waals surface area contributed by atoms with E-state index < -0.39 is 0 Å². The molecule has 1 spiro atoms. The summed E-state index contributed by atoms with van der Waals surface area (Å²) in [6, 6.07) is 3.88. The Morgan fingerprint density at radius 1 is 1.32 bits per heavy atom. The van der Waals surface area contributed by atoms with Crippen LogP contribution in [0, 0.1) is 12.3 Å². The van der Waals surface area contributed by atoms with Gasteiger partial charge in [0.2, 0.25) is 0 Å². The zero-order valence-electron chi connectivity index (χ0n) is 17.7. The summed E-state index contributed by atoms with van der Waals surface area (Å²) in [5, 5.41) is 18.5. The van der Waals surface area contributed by atoms with Crippen molar-refractivity contribution in [1.82, 2.24) is 20.2 Å². The van der Waals surface area contributed by atoms with Crippen molar-refractivity contribution >= 4 is 28.3 Å². The van der Waals surface area contributed by atoms with E-state index in [-0.39, 0.29) is 24.2 Å². The van der Waals surface area contributed by atoms with Gasteiger partial charge in [-0.25, -0.2) is 9.97 Å². The molecule has 2 atom stereocenters. The monoisotopic (exact) mass is 442 g/mol. The Bertz CT molecular complexity index is 1120.